The maximum atomic E-state index is 11.7. The third-order valence-electron chi connectivity index (χ3n) is 4.88. The molecule has 2 heterocycles. The lowest BCUT2D eigenvalue weighted by atomic mass is 10.1. The van der Waals surface area contributed by atoms with Gasteiger partial charge in [-0.3, -0.25) is 14.8 Å². The van der Waals surface area contributed by atoms with Crippen LogP contribution in [-0.4, -0.2) is 54.0 Å². The molecule has 0 bridgehead atoms. The summed E-state index contributed by atoms with van der Waals surface area (Å²) in [5.74, 6) is -0.281. The van der Waals surface area contributed by atoms with Crippen molar-refractivity contribution in [3.8, 4) is 0 Å². The van der Waals surface area contributed by atoms with E-state index in [0.29, 0.717) is 11.6 Å². The van der Waals surface area contributed by atoms with Crippen LogP contribution in [0, 0.1) is 0 Å². The van der Waals surface area contributed by atoms with Crippen LogP contribution >= 0.6 is 0 Å². The van der Waals surface area contributed by atoms with E-state index in [1.165, 1.54) is 12.7 Å². The fourth-order valence-corrected chi connectivity index (χ4v) is 3.32. The Morgan fingerprint density at radius 1 is 1.20 bits per heavy atom. The summed E-state index contributed by atoms with van der Waals surface area (Å²) in [6.07, 6.45) is 3.77. The van der Waals surface area contributed by atoms with Gasteiger partial charge in [-0.1, -0.05) is 18.2 Å². The van der Waals surface area contributed by atoms with E-state index in [9.17, 15) is 4.79 Å². The molecule has 0 amide bonds. The predicted octanol–water partition coefficient (Wildman–Crippen LogP) is 2.75. The van der Waals surface area contributed by atoms with Crippen molar-refractivity contribution in [1.82, 2.24) is 14.8 Å². The highest BCUT2D eigenvalue weighted by Gasteiger charge is 2.22. The van der Waals surface area contributed by atoms with Gasteiger partial charge in [-0.2, -0.15) is 0 Å². The number of ether oxygens (including phenoxy) is 1. The molecule has 132 valence electrons. The number of pyridine rings is 1. The second-order valence-corrected chi connectivity index (χ2v) is 6.47. The first-order valence-corrected chi connectivity index (χ1v) is 8.71. The van der Waals surface area contributed by atoms with Crippen molar-refractivity contribution in [2.45, 2.75) is 19.5 Å². The number of methoxy groups -OCH3 is 1. The van der Waals surface area contributed by atoms with E-state index < -0.39 is 0 Å². The number of aromatic nitrogens is 1. The molecule has 1 aromatic carbocycles. The number of carbonyl (C=O) groups excluding carboxylic acids is 1. The van der Waals surface area contributed by atoms with Crippen molar-refractivity contribution in [3.05, 3.63) is 65.5 Å². The van der Waals surface area contributed by atoms with Gasteiger partial charge in [0.05, 0.1) is 12.7 Å². The molecule has 3 rings (SSSR count). The van der Waals surface area contributed by atoms with Gasteiger partial charge in [0.2, 0.25) is 0 Å². The van der Waals surface area contributed by atoms with Crippen molar-refractivity contribution in [2.24, 2.45) is 0 Å². The van der Waals surface area contributed by atoms with E-state index in [1.54, 1.807) is 6.07 Å². The first-order valence-electron chi connectivity index (χ1n) is 8.71. The molecular weight excluding hydrogens is 314 g/mol. The molecule has 0 N–H and O–H groups in total. The van der Waals surface area contributed by atoms with Gasteiger partial charge in [0.15, 0.2) is 0 Å². The predicted molar refractivity (Wildman–Crippen MR) is 97.3 cm³/mol. The third kappa shape index (κ3) is 4.44. The smallest absolute Gasteiger partial charge is 0.337 e. The molecule has 1 aliphatic heterocycles. The summed E-state index contributed by atoms with van der Waals surface area (Å²) in [6, 6.07) is 12.2. The summed E-state index contributed by atoms with van der Waals surface area (Å²) < 4.78 is 4.80. The van der Waals surface area contributed by atoms with E-state index in [1.807, 2.05) is 30.6 Å². The highest BCUT2D eigenvalue weighted by molar-refractivity contribution is 5.89. The fourth-order valence-electron chi connectivity index (χ4n) is 3.32. The van der Waals surface area contributed by atoms with Gasteiger partial charge < -0.3 is 4.74 Å². The summed E-state index contributed by atoms with van der Waals surface area (Å²) >= 11 is 0. The number of esters is 1. The lowest BCUT2D eigenvalue weighted by Gasteiger charge is -2.38. The molecule has 1 atom stereocenters. The molecule has 1 aromatic heterocycles. The minimum atomic E-state index is -0.281. The van der Waals surface area contributed by atoms with Crippen molar-refractivity contribution in [2.75, 3.05) is 33.3 Å². The Kier molecular flexibility index (Phi) is 5.79. The highest BCUT2D eigenvalue weighted by Crippen LogP contribution is 2.21. The van der Waals surface area contributed by atoms with Crippen LogP contribution in [0.2, 0.25) is 0 Å². The van der Waals surface area contributed by atoms with Gasteiger partial charge in [0.25, 0.3) is 0 Å². The van der Waals surface area contributed by atoms with Gasteiger partial charge >= 0.3 is 5.97 Å². The average molecular weight is 339 g/mol. The molecule has 25 heavy (non-hydrogen) atoms. The Morgan fingerprint density at radius 2 is 2.00 bits per heavy atom. The van der Waals surface area contributed by atoms with Gasteiger partial charge in [-0.05, 0) is 36.2 Å². The average Bonchev–Trinajstić information content (AvgIpc) is 2.68. The van der Waals surface area contributed by atoms with Gasteiger partial charge in [-0.25, -0.2) is 4.79 Å². The third-order valence-corrected chi connectivity index (χ3v) is 4.88. The Bertz CT molecular complexity index is 697. The fraction of sp³-hybridized carbons (Fsp3) is 0.400. The summed E-state index contributed by atoms with van der Waals surface area (Å²) in [5.41, 5.74) is 3.03. The quantitative estimate of drug-likeness (QED) is 0.784. The maximum absolute atomic E-state index is 11.7. The highest BCUT2D eigenvalue weighted by atomic mass is 16.5. The topological polar surface area (TPSA) is 45.7 Å². The molecule has 0 spiro atoms. The minimum Gasteiger partial charge on any atom is -0.465 e. The Labute approximate surface area is 149 Å². The first-order chi connectivity index (χ1) is 12.2. The number of nitrogens with zero attached hydrogens (tertiary/aromatic N) is 3. The zero-order valence-electron chi connectivity index (χ0n) is 14.9. The number of carbonyl (C=O) groups is 1. The molecule has 5 nitrogen and oxygen atoms in total. The Hall–Kier alpha value is -2.24. The van der Waals surface area contributed by atoms with Crippen molar-refractivity contribution < 1.29 is 9.53 Å². The summed E-state index contributed by atoms with van der Waals surface area (Å²) in [4.78, 5) is 20.8. The summed E-state index contributed by atoms with van der Waals surface area (Å²) in [5, 5.41) is 0. The molecule has 1 fully saturated rings. The number of rotatable bonds is 5. The zero-order valence-corrected chi connectivity index (χ0v) is 14.9. The lowest BCUT2D eigenvalue weighted by Crippen LogP contribution is -2.46. The van der Waals surface area contributed by atoms with Crippen LogP contribution in [-0.2, 0) is 11.3 Å². The largest absolute Gasteiger partial charge is 0.465 e. The number of piperazine rings is 1. The van der Waals surface area contributed by atoms with E-state index in [0.717, 1.165) is 38.3 Å². The summed E-state index contributed by atoms with van der Waals surface area (Å²) in [6.45, 7) is 7.21. The van der Waals surface area contributed by atoms with Crippen molar-refractivity contribution >= 4 is 5.97 Å². The van der Waals surface area contributed by atoms with Crippen LogP contribution in [0.3, 0.4) is 0 Å². The van der Waals surface area contributed by atoms with E-state index in [4.69, 9.17) is 4.74 Å². The molecule has 0 radical (unpaired) electrons. The Balaban J connectivity index is 1.55. The van der Waals surface area contributed by atoms with Crippen LogP contribution in [0.1, 0.15) is 34.5 Å². The van der Waals surface area contributed by atoms with Gasteiger partial charge in [0.1, 0.15) is 0 Å². The second-order valence-electron chi connectivity index (χ2n) is 6.47. The molecule has 1 saturated heterocycles. The van der Waals surface area contributed by atoms with Gasteiger partial charge in [-0.15, -0.1) is 0 Å². The molecular formula is C20H25N3O2. The molecule has 0 aliphatic carbocycles. The molecule has 5 heteroatoms. The minimum absolute atomic E-state index is 0.281. The molecule has 1 aliphatic rings. The van der Waals surface area contributed by atoms with E-state index >= 15 is 0 Å². The monoisotopic (exact) mass is 339 g/mol. The standard InChI is InChI=1S/C20H25N3O2/c1-16(19-7-4-8-21-14-19)23-11-9-22(10-12-23)15-17-5-3-6-18(13-17)20(24)25-2/h3-8,13-14,16H,9-12,15H2,1-2H3. The van der Waals surface area contributed by atoms with Crippen molar-refractivity contribution in [1.29, 1.82) is 0 Å². The number of hydrogen-bond acceptors (Lipinski definition) is 5. The van der Waals surface area contributed by atoms with Crippen LogP contribution in [0.15, 0.2) is 48.8 Å². The number of benzene rings is 1. The normalized spacial score (nSPS) is 17.2. The van der Waals surface area contributed by atoms with Crippen molar-refractivity contribution in [3.63, 3.8) is 0 Å². The molecule has 0 saturated carbocycles. The van der Waals surface area contributed by atoms with E-state index in [-0.39, 0.29) is 5.97 Å². The number of hydrogen-bond donors (Lipinski definition) is 0. The lowest BCUT2D eigenvalue weighted by molar-refractivity contribution is 0.0600. The van der Waals surface area contributed by atoms with Gasteiger partial charge in [0, 0.05) is 51.2 Å². The second kappa shape index (κ2) is 8.23. The maximum Gasteiger partial charge on any atom is 0.337 e. The Morgan fingerprint density at radius 3 is 2.68 bits per heavy atom. The first kappa shape index (κ1) is 17.6. The molecule has 1 unspecified atom stereocenters. The van der Waals surface area contributed by atoms with Crippen LogP contribution < -0.4 is 0 Å². The van der Waals surface area contributed by atoms with Crippen LogP contribution in [0.25, 0.3) is 0 Å². The van der Waals surface area contributed by atoms with Crippen LogP contribution in [0.5, 0.6) is 0 Å². The zero-order chi connectivity index (χ0) is 17.6. The summed E-state index contributed by atoms with van der Waals surface area (Å²) in [7, 11) is 1.41. The van der Waals surface area contributed by atoms with Crippen LogP contribution in [0.4, 0.5) is 0 Å². The molecule has 2 aromatic rings. The van der Waals surface area contributed by atoms with E-state index in [2.05, 4.69) is 33.8 Å². The SMILES string of the molecule is COC(=O)c1cccc(CN2CCN(C(C)c3cccnc3)CC2)c1.